The molecule has 2 aromatic rings. The molecule has 2 rings (SSSR count). The highest BCUT2D eigenvalue weighted by molar-refractivity contribution is 5.62. The van der Waals surface area contributed by atoms with Gasteiger partial charge in [0, 0.05) is 0 Å². The largest absolute Gasteiger partial charge is 0.507 e. The molecular formula is C9H10N4O. The van der Waals surface area contributed by atoms with E-state index in [4.69, 9.17) is 5.73 Å². The molecule has 0 spiro atoms. The first-order valence-corrected chi connectivity index (χ1v) is 4.21. The van der Waals surface area contributed by atoms with E-state index in [9.17, 15) is 5.11 Å². The summed E-state index contributed by atoms with van der Waals surface area (Å²) < 4.78 is 0. The molecule has 72 valence electrons. The zero-order chi connectivity index (χ0) is 9.97. The van der Waals surface area contributed by atoms with Crippen LogP contribution in [0.15, 0.2) is 24.3 Å². The lowest BCUT2D eigenvalue weighted by Gasteiger charge is -1.97. The number of aromatic nitrogens is 3. The number of H-pyrrole nitrogens is 1. The highest BCUT2D eigenvalue weighted by atomic mass is 16.3. The zero-order valence-electron chi connectivity index (χ0n) is 7.44. The summed E-state index contributed by atoms with van der Waals surface area (Å²) >= 11 is 0. The van der Waals surface area contributed by atoms with Crippen molar-refractivity contribution in [2.75, 3.05) is 0 Å². The Kier molecular flexibility index (Phi) is 2.16. The van der Waals surface area contributed by atoms with Gasteiger partial charge in [-0.3, -0.25) is 5.10 Å². The minimum atomic E-state index is 0.162. The molecule has 5 nitrogen and oxygen atoms in total. The molecule has 0 aliphatic carbocycles. The monoisotopic (exact) mass is 190 g/mol. The average Bonchev–Trinajstić information content (AvgIpc) is 2.67. The number of nitrogens with one attached hydrogen (secondary N) is 1. The Balaban J connectivity index is 2.44. The van der Waals surface area contributed by atoms with Crippen LogP contribution in [-0.4, -0.2) is 20.3 Å². The van der Waals surface area contributed by atoms with Crippen LogP contribution in [0.3, 0.4) is 0 Å². The quantitative estimate of drug-likeness (QED) is 0.648. The maximum absolute atomic E-state index is 9.52. The minimum Gasteiger partial charge on any atom is -0.507 e. The molecule has 5 heteroatoms. The van der Waals surface area contributed by atoms with Gasteiger partial charge in [0.1, 0.15) is 11.6 Å². The summed E-state index contributed by atoms with van der Waals surface area (Å²) in [5, 5.41) is 16.1. The van der Waals surface area contributed by atoms with Crippen LogP contribution in [-0.2, 0) is 6.54 Å². The number of nitrogens with zero attached hydrogens (tertiary/aromatic N) is 2. The Bertz CT molecular complexity index is 438. The van der Waals surface area contributed by atoms with Gasteiger partial charge in [-0.05, 0) is 12.1 Å². The number of rotatable bonds is 2. The Morgan fingerprint density at radius 2 is 2.14 bits per heavy atom. The number of nitrogens with two attached hydrogens (primary N) is 1. The minimum absolute atomic E-state index is 0.162. The molecule has 0 aliphatic heterocycles. The van der Waals surface area contributed by atoms with E-state index < -0.39 is 0 Å². The molecule has 1 aromatic carbocycles. The van der Waals surface area contributed by atoms with Gasteiger partial charge < -0.3 is 10.8 Å². The second kappa shape index (κ2) is 3.47. The summed E-state index contributed by atoms with van der Waals surface area (Å²) in [5.41, 5.74) is 5.98. The van der Waals surface area contributed by atoms with Gasteiger partial charge in [0.2, 0.25) is 0 Å². The van der Waals surface area contributed by atoms with Gasteiger partial charge in [-0.1, -0.05) is 12.1 Å². The molecular weight excluding hydrogens is 180 g/mol. The molecule has 0 aliphatic rings. The van der Waals surface area contributed by atoms with Crippen molar-refractivity contribution in [3.63, 3.8) is 0 Å². The predicted molar refractivity (Wildman–Crippen MR) is 51.4 cm³/mol. The summed E-state index contributed by atoms with van der Waals surface area (Å²) in [4.78, 5) is 4.11. The van der Waals surface area contributed by atoms with Gasteiger partial charge in [-0.15, -0.1) is 0 Å². The van der Waals surface area contributed by atoms with E-state index in [1.165, 1.54) is 0 Å². The molecule has 0 atom stereocenters. The van der Waals surface area contributed by atoms with Crippen molar-refractivity contribution in [1.82, 2.24) is 15.2 Å². The predicted octanol–water partition coefficient (Wildman–Crippen LogP) is 0.636. The Morgan fingerprint density at radius 1 is 1.36 bits per heavy atom. The first kappa shape index (κ1) is 8.71. The van der Waals surface area contributed by atoms with Crippen molar-refractivity contribution >= 4 is 0 Å². The molecule has 0 unspecified atom stereocenters. The highest BCUT2D eigenvalue weighted by Gasteiger charge is 2.08. The van der Waals surface area contributed by atoms with Crippen LogP contribution in [0.1, 0.15) is 5.82 Å². The van der Waals surface area contributed by atoms with Crippen molar-refractivity contribution in [3.05, 3.63) is 30.1 Å². The van der Waals surface area contributed by atoms with Crippen LogP contribution < -0.4 is 5.73 Å². The topological polar surface area (TPSA) is 87.8 Å². The molecule has 0 amide bonds. The SMILES string of the molecule is NCc1nc(-c2ccccc2O)n[nH]1. The normalized spacial score (nSPS) is 10.4. The first-order valence-electron chi connectivity index (χ1n) is 4.21. The number of benzene rings is 1. The second-order valence-corrected chi connectivity index (χ2v) is 2.83. The molecule has 0 radical (unpaired) electrons. The average molecular weight is 190 g/mol. The molecule has 0 bridgehead atoms. The number of phenols is 1. The highest BCUT2D eigenvalue weighted by Crippen LogP contribution is 2.24. The van der Waals surface area contributed by atoms with Crippen molar-refractivity contribution in [1.29, 1.82) is 0 Å². The molecule has 0 saturated carbocycles. The third kappa shape index (κ3) is 1.45. The third-order valence-electron chi connectivity index (χ3n) is 1.87. The van der Waals surface area contributed by atoms with Crippen molar-refractivity contribution < 1.29 is 5.11 Å². The smallest absolute Gasteiger partial charge is 0.184 e. The number of aromatic amines is 1. The fraction of sp³-hybridized carbons (Fsp3) is 0.111. The van der Waals surface area contributed by atoms with Gasteiger partial charge in [0.15, 0.2) is 5.82 Å². The summed E-state index contributed by atoms with van der Waals surface area (Å²) in [6.45, 7) is 0.306. The second-order valence-electron chi connectivity index (χ2n) is 2.83. The van der Waals surface area contributed by atoms with Crippen molar-refractivity contribution in [3.8, 4) is 17.1 Å². The van der Waals surface area contributed by atoms with E-state index in [0.717, 1.165) is 0 Å². The summed E-state index contributed by atoms with van der Waals surface area (Å²) in [6.07, 6.45) is 0. The lowest BCUT2D eigenvalue weighted by atomic mass is 10.2. The zero-order valence-corrected chi connectivity index (χ0v) is 7.44. The first-order chi connectivity index (χ1) is 6.81. The van der Waals surface area contributed by atoms with E-state index in [0.29, 0.717) is 23.8 Å². The van der Waals surface area contributed by atoms with E-state index in [1.807, 2.05) is 6.07 Å². The molecule has 4 N–H and O–H groups in total. The lowest BCUT2D eigenvalue weighted by Crippen LogP contribution is -1.97. The van der Waals surface area contributed by atoms with Crippen LogP contribution in [0, 0.1) is 0 Å². The fourth-order valence-corrected chi connectivity index (χ4v) is 1.17. The Hall–Kier alpha value is -1.88. The van der Waals surface area contributed by atoms with Crippen molar-refractivity contribution in [2.45, 2.75) is 6.54 Å². The van der Waals surface area contributed by atoms with Gasteiger partial charge in [0.25, 0.3) is 0 Å². The summed E-state index contributed by atoms with van der Waals surface area (Å²) in [7, 11) is 0. The van der Waals surface area contributed by atoms with E-state index >= 15 is 0 Å². The van der Waals surface area contributed by atoms with E-state index in [-0.39, 0.29) is 5.75 Å². The van der Waals surface area contributed by atoms with Gasteiger partial charge in [0.05, 0.1) is 12.1 Å². The lowest BCUT2D eigenvalue weighted by molar-refractivity contribution is 0.477. The van der Waals surface area contributed by atoms with Crippen LogP contribution in [0.5, 0.6) is 5.75 Å². The van der Waals surface area contributed by atoms with Crippen LogP contribution in [0.4, 0.5) is 0 Å². The van der Waals surface area contributed by atoms with E-state index in [1.54, 1.807) is 18.2 Å². The number of hydrogen-bond donors (Lipinski definition) is 3. The maximum Gasteiger partial charge on any atom is 0.184 e. The van der Waals surface area contributed by atoms with Crippen LogP contribution >= 0.6 is 0 Å². The van der Waals surface area contributed by atoms with E-state index in [2.05, 4.69) is 15.2 Å². The number of hydrogen-bond acceptors (Lipinski definition) is 4. The Labute approximate surface area is 80.6 Å². The Morgan fingerprint density at radius 3 is 2.79 bits per heavy atom. The van der Waals surface area contributed by atoms with Gasteiger partial charge >= 0.3 is 0 Å². The maximum atomic E-state index is 9.52. The van der Waals surface area contributed by atoms with Crippen LogP contribution in [0.25, 0.3) is 11.4 Å². The molecule has 1 heterocycles. The molecule has 0 fully saturated rings. The van der Waals surface area contributed by atoms with Crippen LogP contribution in [0.2, 0.25) is 0 Å². The third-order valence-corrected chi connectivity index (χ3v) is 1.87. The van der Waals surface area contributed by atoms with Gasteiger partial charge in [-0.2, -0.15) is 5.10 Å². The fourth-order valence-electron chi connectivity index (χ4n) is 1.17. The number of aromatic hydroxyl groups is 1. The van der Waals surface area contributed by atoms with Crippen molar-refractivity contribution in [2.24, 2.45) is 5.73 Å². The summed E-state index contributed by atoms with van der Waals surface area (Å²) in [5.74, 6) is 1.22. The molecule has 14 heavy (non-hydrogen) atoms. The number of para-hydroxylation sites is 1. The molecule has 1 aromatic heterocycles. The summed E-state index contributed by atoms with van der Waals surface area (Å²) in [6, 6.07) is 6.90. The number of phenolic OH excluding ortho intramolecular Hbond substituents is 1. The molecule has 0 saturated heterocycles. The van der Waals surface area contributed by atoms with Gasteiger partial charge in [-0.25, -0.2) is 4.98 Å². The standard InChI is InChI=1S/C9H10N4O/c10-5-8-11-9(13-12-8)6-3-1-2-4-7(6)14/h1-4,14H,5,10H2,(H,11,12,13).